The molecule has 0 aromatic heterocycles. The first-order valence-corrected chi connectivity index (χ1v) is 50.0. The zero-order chi connectivity index (χ0) is 72.0. The Morgan fingerprint density at radius 2 is 0.129 bits per heavy atom. The summed E-state index contributed by atoms with van der Waals surface area (Å²) in [6.07, 6.45) is 145. The van der Waals surface area contributed by atoms with Crippen LogP contribution in [0.5, 0.6) is 0 Å². The van der Waals surface area contributed by atoms with Crippen molar-refractivity contribution in [3.63, 3.8) is 0 Å². The van der Waals surface area contributed by atoms with E-state index in [2.05, 4.69) is 6.92 Å². The van der Waals surface area contributed by atoms with Crippen molar-refractivity contribution in [2.24, 2.45) is 0 Å². The lowest BCUT2D eigenvalue weighted by molar-refractivity contribution is 0.282. The van der Waals surface area contributed by atoms with Crippen LogP contribution in [0.25, 0.3) is 0 Å². The van der Waals surface area contributed by atoms with Crippen LogP contribution in [-0.2, 0) is 0 Å². The summed E-state index contributed by atoms with van der Waals surface area (Å²) in [5, 5.41) is 8.86. The lowest BCUT2D eigenvalue weighted by Gasteiger charge is -2.05. The van der Waals surface area contributed by atoms with Crippen molar-refractivity contribution in [2.75, 3.05) is 6.61 Å². The zero-order valence-corrected chi connectivity index (χ0v) is 71.5. The summed E-state index contributed by atoms with van der Waals surface area (Å²) in [4.78, 5) is 0. The molecule has 0 unspecified atom stereocenters. The monoisotopic (exact) mass is 1420 g/mol. The van der Waals surface area contributed by atoms with Crippen LogP contribution in [0.2, 0.25) is 0 Å². The third kappa shape index (κ3) is 100.0. The molecule has 0 saturated heterocycles. The van der Waals surface area contributed by atoms with Crippen molar-refractivity contribution in [2.45, 2.75) is 636 Å². The summed E-state index contributed by atoms with van der Waals surface area (Å²) >= 11 is 0. The van der Waals surface area contributed by atoms with Gasteiger partial charge in [0.2, 0.25) is 0 Å². The largest absolute Gasteiger partial charge is 0.396 e. The number of unbranched alkanes of at least 4 members (excludes halogenated alkanes) is 97. The van der Waals surface area contributed by atoms with E-state index in [0.717, 1.165) is 6.42 Å². The third-order valence-corrected chi connectivity index (χ3v) is 24.5. The number of hydrogen-bond donors (Lipinski definition) is 1. The fraction of sp³-hybridized carbons (Fsp3) is 1.00. The maximum atomic E-state index is 8.86. The van der Waals surface area contributed by atoms with Gasteiger partial charge in [0.05, 0.1) is 0 Å². The predicted octanol–water partition coefficient (Wildman–Crippen LogP) is 38.2. The Kier molecular flexibility index (Phi) is 99.9. The second-order valence-corrected chi connectivity index (χ2v) is 35.0. The van der Waals surface area contributed by atoms with Crippen molar-refractivity contribution in [3.8, 4) is 0 Å². The van der Waals surface area contributed by atoms with E-state index in [-0.39, 0.29) is 0 Å². The van der Waals surface area contributed by atoms with Crippen LogP contribution in [-0.4, -0.2) is 11.7 Å². The molecule has 0 spiro atoms. The third-order valence-electron chi connectivity index (χ3n) is 24.5. The Balaban J connectivity index is 3.09. The first kappa shape index (κ1) is 101. The Bertz CT molecular complexity index is 1220. The summed E-state index contributed by atoms with van der Waals surface area (Å²) in [7, 11) is 0. The molecule has 0 fully saturated rings. The molecule has 608 valence electrons. The topological polar surface area (TPSA) is 20.2 Å². The van der Waals surface area contributed by atoms with E-state index in [1.807, 2.05) is 0 Å². The van der Waals surface area contributed by atoms with Gasteiger partial charge in [-0.25, -0.2) is 0 Å². The van der Waals surface area contributed by atoms with Crippen LogP contribution in [0.4, 0.5) is 0 Å². The van der Waals surface area contributed by atoms with E-state index in [4.69, 9.17) is 5.11 Å². The minimum Gasteiger partial charge on any atom is -0.396 e. The number of aliphatic hydroxyl groups excluding tert-OH is 1. The van der Waals surface area contributed by atoms with Crippen LogP contribution < -0.4 is 0 Å². The van der Waals surface area contributed by atoms with Crippen LogP contribution in [0.3, 0.4) is 0 Å². The second kappa shape index (κ2) is 100.0. The summed E-state index contributed by atoms with van der Waals surface area (Å²) in [6.45, 7) is 2.69. The van der Waals surface area contributed by atoms with E-state index < -0.39 is 0 Å². The molecule has 0 aromatic carbocycles. The van der Waals surface area contributed by atoms with Crippen molar-refractivity contribution in [1.29, 1.82) is 0 Å². The van der Waals surface area contributed by atoms with Gasteiger partial charge in [-0.3, -0.25) is 0 Å². The average Bonchev–Trinajstić information content (AvgIpc) is 3.68. The molecule has 0 atom stereocenters. The highest BCUT2D eigenvalue weighted by Crippen LogP contribution is 2.24. The standard InChI is InChI=1S/C100H202O/c1-2-3-4-5-6-7-8-9-10-11-12-13-14-15-16-17-18-19-20-21-22-23-24-25-26-27-28-29-30-31-32-33-34-35-36-37-38-39-40-41-42-43-44-45-46-47-48-49-50-51-52-53-54-55-56-57-58-59-60-61-62-63-64-65-66-67-68-69-70-71-72-73-74-75-76-77-78-79-80-81-82-83-84-85-86-87-88-89-90-91-92-93-94-95-96-97-98-99-100-101/h101H,2-100H2,1H3. The highest BCUT2D eigenvalue weighted by molar-refractivity contribution is 4.60. The fourth-order valence-electron chi connectivity index (χ4n) is 17.2. The van der Waals surface area contributed by atoms with Gasteiger partial charge in [0, 0.05) is 6.61 Å². The molecule has 0 radical (unpaired) electrons. The fourth-order valence-corrected chi connectivity index (χ4v) is 17.2. The quantitative estimate of drug-likeness (QED) is 0.0602. The van der Waals surface area contributed by atoms with Gasteiger partial charge in [-0.05, 0) is 6.42 Å². The van der Waals surface area contributed by atoms with Gasteiger partial charge in [-0.2, -0.15) is 0 Å². The molecule has 0 aromatic rings. The van der Waals surface area contributed by atoms with Crippen LogP contribution in [0.1, 0.15) is 636 Å². The van der Waals surface area contributed by atoms with Crippen LogP contribution >= 0.6 is 0 Å². The maximum Gasteiger partial charge on any atom is 0.0431 e. The van der Waals surface area contributed by atoms with Gasteiger partial charge in [0.1, 0.15) is 0 Å². The minimum absolute atomic E-state index is 0.375. The van der Waals surface area contributed by atoms with Crippen LogP contribution in [0.15, 0.2) is 0 Å². The summed E-state index contributed by atoms with van der Waals surface area (Å²) in [6, 6.07) is 0. The number of aliphatic hydroxyl groups is 1. The second-order valence-electron chi connectivity index (χ2n) is 35.0. The van der Waals surface area contributed by atoms with E-state index in [0.29, 0.717) is 6.61 Å². The highest BCUT2D eigenvalue weighted by Gasteiger charge is 2.04. The molecule has 0 aliphatic carbocycles. The molecule has 0 aliphatic heterocycles. The van der Waals surface area contributed by atoms with Gasteiger partial charge < -0.3 is 5.11 Å². The van der Waals surface area contributed by atoms with E-state index in [1.165, 1.54) is 623 Å². The summed E-state index contributed by atoms with van der Waals surface area (Å²) < 4.78 is 0. The van der Waals surface area contributed by atoms with Crippen molar-refractivity contribution >= 4 is 0 Å². The average molecular weight is 1420 g/mol. The van der Waals surface area contributed by atoms with Gasteiger partial charge >= 0.3 is 0 Å². The molecule has 0 bridgehead atoms. The number of hydrogen-bond acceptors (Lipinski definition) is 1. The maximum absolute atomic E-state index is 8.86. The zero-order valence-electron chi connectivity index (χ0n) is 71.5. The normalized spacial score (nSPS) is 11.8. The first-order valence-electron chi connectivity index (χ1n) is 50.0. The molecule has 1 nitrogen and oxygen atoms in total. The molecule has 101 heavy (non-hydrogen) atoms. The Morgan fingerprint density at radius 1 is 0.0792 bits per heavy atom. The van der Waals surface area contributed by atoms with Gasteiger partial charge in [-0.1, -0.05) is 630 Å². The molecular weight excluding hydrogens is 1220 g/mol. The lowest BCUT2D eigenvalue weighted by Crippen LogP contribution is -1.85. The van der Waals surface area contributed by atoms with Gasteiger partial charge in [0.15, 0.2) is 0 Å². The SMILES string of the molecule is CCCCCCCCCCCCCCCCCCCCCCCCCCCCCCCCCCCCCCCCCCCCCCCCCCCCCCCCCCCCCCCCCCCCCCCCCCCCCCCCCCCCCCCCCCCCCCCCCCCCO. The molecule has 1 N–H and O–H groups in total. The van der Waals surface area contributed by atoms with E-state index in [1.54, 1.807) is 0 Å². The molecule has 1 heteroatoms. The molecule has 0 aliphatic rings. The Hall–Kier alpha value is -0.0400. The predicted molar refractivity (Wildman–Crippen MR) is 465 cm³/mol. The van der Waals surface area contributed by atoms with Gasteiger partial charge in [0.25, 0.3) is 0 Å². The number of rotatable bonds is 98. The first-order chi connectivity index (χ1) is 50.4. The van der Waals surface area contributed by atoms with E-state index in [9.17, 15) is 0 Å². The van der Waals surface area contributed by atoms with Crippen molar-refractivity contribution in [1.82, 2.24) is 0 Å². The van der Waals surface area contributed by atoms with Crippen molar-refractivity contribution in [3.05, 3.63) is 0 Å². The van der Waals surface area contributed by atoms with Crippen LogP contribution in [0, 0.1) is 0 Å². The minimum atomic E-state index is 0.375. The summed E-state index contributed by atoms with van der Waals surface area (Å²) in [5.41, 5.74) is 0. The Morgan fingerprint density at radius 3 is 0.178 bits per heavy atom. The van der Waals surface area contributed by atoms with Gasteiger partial charge in [-0.15, -0.1) is 0 Å². The molecule has 0 rings (SSSR count). The lowest BCUT2D eigenvalue weighted by atomic mass is 10.0. The smallest absolute Gasteiger partial charge is 0.0431 e. The Labute approximate surface area is 644 Å². The molecular formula is C100H202O. The highest BCUT2D eigenvalue weighted by atomic mass is 16.2. The molecule has 0 amide bonds. The molecule has 0 saturated carbocycles. The van der Waals surface area contributed by atoms with Crippen molar-refractivity contribution < 1.29 is 5.11 Å². The summed E-state index contributed by atoms with van der Waals surface area (Å²) in [5.74, 6) is 0. The molecule has 0 heterocycles. The van der Waals surface area contributed by atoms with E-state index >= 15 is 0 Å².